The number of benzene rings is 1. The van der Waals surface area contributed by atoms with E-state index in [1.54, 1.807) is 6.07 Å². The maximum atomic E-state index is 11.8. The van der Waals surface area contributed by atoms with Gasteiger partial charge < -0.3 is 10.5 Å². The first-order valence-electron chi connectivity index (χ1n) is 6.79. The number of anilines is 1. The van der Waals surface area contributed by atoms with Gasteiger partial charge in [-0.3, -0.25) is 5.32 Å². The number of amides is 1. The van der Waals surface area contributed by atoms with E-state index in [0.29, 0.717) is 29.1 Å². The molecule has 110 valence electrons. The molecule has 5 heteroatoms. The van der Waals surface area contributed by atoms with Gasteiger partial charge in [0.2, 0.25) is 0 Å². The van der Waals surface area contributed by atoms with Gasteiger partial charge in [-0.1, -0.05) is 17.7 Å². The zero-order valence-electron chi connectivity index (χ0n) is 12.1. The number of carbonyl (C=O) groups excluding carboxylic acids is 1. The summed E-state index contributed by atoms with van der Waals surface area (Å²) in [6.45, 7) is 6.16. The lowest BCUT2D eigenvalue weighted by Crippen LogP contribution is -2.27. The summed E-state index contributed by atoms with van der Waals surface area (Å²) in [7, 11) is 0. The molecule has 2 rings (SSSR count). The molecule has 1 aromatic rings. The van der Waals surface area contributed by atoms with Crippen LogP contribution >= 0.6 is 11.6 Å². The van der Waals surface area contributed by atoms with Gasteiger partial charge in [0.05, 0.1) is 10.7 Å². The maximum absolute atomic E-state index is 11.8. The summed E-state index contributed by atoms with van der Waals surface area (Å²) in [4.78, 5) is 11.8. The van der Waals surface area contributed by atoms with E-state index in [4.69, 9.17) is 22.1 Å². The fraction of sp³-hybridized carbons (Fsp3) is 0.533. The second kappa shape index (κ2) is 5.62. The minimum atomic E-state index is -0.532. The van der Waals surface area contributed by atoms with Crippen LogP contribution in [-0.2, 0) is 4.74 Å². The van der Waals surface area contributed by atoms with E-state index in [1.165, 1.54) is 0 Å². The van der Waals surface area contributed by atoms with Gasteiger partial charge in [0.25, 0.3) is 0 Å². The first kappa shape index (κ1) is 15.1. The quantitative estimate of drug-likeness (QED) is 0.893. The fourth-order valence-electron chi connectivity index (χ4n) is 2.20. The summed E-state index contributed by atoms with van der Waals surface area (Å²) in [6.07, 6.45) is 0.604. The molecule has 3 N–H and O–H groups in total. The maximum Gasteiger partial charge on any atom is 0.412 e. The van der Waals surface area contributed by atoms with Crippen molar-refractivity contribution in [3.63, 3.8) is 0 Å². The van der Waals surface area contributed by atoms with E-state index in [2.05, 4.69) is 5.32 Å². The largest absolute Gasteiger partial charge is 0.444 e. The Hall–Kier alpha value is -1.26. The molecule has 2 atom stereocenters. The van der Waals surface area contributed by atoms with Crippen LogP contribution in [-0.4, -0.2) is 18.2 Å². The van der Waals surface area contributed by atoms with Crippen molar-refractivity contribution in [2.45, 2.75) is 38.7 Å². The Balaban J connectivity index is 2.07. The summed E-state index contributed by atoms with van der Waals surface area (Å²) in [6, 6.07) is 5.70. The smallest absolute Gasteiger partial charge is 0.412 e. The van der Waals surface area contributed by atoms with Crippen molar-refractivity contribution in [2.75, 3.05) is 11.9 Å². The van der Waals surface area contributed by atoms with E-state index < -0.39 is 11.7 Å². The Morgan fingerprint density at radius 2 is 2.20 bits per heavy atom. The van der Waals surface area contributed by atoms with Crippen molar-refractivity contribution in [1.82, 2.24) is 0 Å². The van der Waals surface area contributed by atoms with E-state index in [-0.39, 0.29) is 0 Å². The third-order valence-electron chi connectivity index (χ3n) is 3.28. The van der Waals surface area contributed by atoms with Crippen LogP contribution in [0, 0.1) is 5.92 Å². The van der Waals surface area contributed by atoms with E-state index in [1.807, 2.05) is 32.9 Å². The Bertz CT molecular complexity index is 511. The zero-order valence-corrected chi connectivity index (χ0v) is 12.8. The Kier molecular flexibility index (Phi) is 4.25. The molecule has 0 aliphatic heterocycles. The van der Waals surface area contributed by atoms with Crippen molar-refractivity contribution in [3.8, 4) is 0 Å². The molecule has 1 saturated carbocycles. The topological polar surface area (TPSA) is 64.3 Å². The molecule has 1 aromatic carbocycles. The van der Waals surface area contributed by atoms with Gasteiger partial charge in [0.15, 0.2) is 0 Å². The second-order valence-corrected chi connectivity index (χ2v) is 6.61. The van der Waals surface area contributed by atoms with Gasteiger partial charge in [0.1, 0.15) is 5.60 Å². The van der Waals surface area contributed by atoms with Crippen LogP contribution in [0.15, 0.2) is 18.2 Å². The van der Waals surface area contributed by atoms with Gasteiger partial charge in [-0.05, 0) is 63.3 Å². The first-order chi connectivity index (χ1) is 9.30. The molecule has 0 radical (unpaired) electrons. The molecule has 1 aliphatic rings. The van der Waals surface area contributed by atoms with Crippen LogP contribution < -0.4 is 11.1 Å². The molecule has 0 heterocycles. The molecule has 1 fully saturated rings. The van der Waals surface area contributed by atoms with Crippen LogP contribution in [0.2, 0.25) is 5.02 Å². The number of nitrogens with two attached hydrogens (primary N) is 1. The molecule has 0 spiro atoms. The number of nitrogens with one attached hydrogen (secondary N) is 1. The number of ether oxygens (including phenoxy) is 1. The number of carbonyl (C=O) groups is 1. The summed E-state index contributed by atoms with van der Waals surface area (Å²) in [5.41, 5.74) is 6.88. The number of hydrogen-bond acceptors (Lipinski definition) is 3. The Labute approximate surface area is 124 Å². The highest BCUT2D eigenvalue weighted by atomic mass is 35.5. The molecule has 0 saturated heterocycles. The molecule has 1 amide bonds. The Morgan fingerprint density at radius 1 is 1.50 bits per heavy atom. The zero-order chi connectivity index (χ0) is 14.9. The van der Waals surface area contributed by atoms with Crippen LogP contribution in [0.4, 0.5) is 10.5 Å². The molecule has 0 aromatic heterocycles. The van der Waals surface area contributed by atoms with Gasteiger partial charge in [-0.25, -0.2) is 4.79 Å². The lowest BCUT2D eigenvalue weighted by molar-refractivity contribution is 0.0636. The van der Waals surface area contributed by atoms with Crippen molar-refractivity contribution < 1.29 is 9.53 Å². The van der Waals surface area contributed by atoms with Crippen LogP contribution in [0.25, 0.3) is 0 Å². The molecule has 0 bridgehead atoms. The molecule has 4 nitrogen and oxygen atoms in total. The second-order valence-electron chi connectivity index (χ2n) is 6.20. The summed E-state index contributed by atoms with van der Waals surface area (Å²) >= 11 is 6.11. The monoisotopic (exact) mass is 296 g/mol. The number of hydrogen-bond donors (Lipinski definition) is 2. The van der Waals surface area contributed by atoms with Gasteiger partial charge in [0, 0.05) is 0 Å². The summed E-state index contributed by atoms with van der Waals surface area (Å²) in [5.74, 6) is 1.03. The highest BCUT2D eigenvalue weighted by molar-refractivity contribution is 6.33. The fourth-order valence-corrected chi connectivity index (χ4v) is 2.36. The van der Waals surface area contributed by atoms with E-state index >= 15 is 0 Å². The molecular formula is C15H21ClN2O2. The van der Waals surface area contributed by atoms with Crippen LogP contribution in [0.5, 0.6) is 0 Å². The van der Waals surface area contributed by atoms with Gasteiger partial charge in [-0.2, -0.15) is 0 Å². The predicted molar refractivity (Wildman–Crippen MR) is 81.2 cm³/mol. The van der Waals surface area contributed by atoms with E-state index in [9.17, 15) is 4.79 Å². The molecule has 20 heavy (non-hydrogen) atoms. The minimum absolute atomic E-state index is 0.483. The third kappa shape index (κ3) is 3.87. The Morgan fingerprint density at radius 3 is 2.75 bits per heavy atom. The van der Waals surface area contributed by atoms with E-state index in [0.717, 1.165) is 12.0 Å². The standard InChI is InChI=1S/C15H21ClN2O2/c1-15(2,3)20-14(19)18-13-7-9(4-5-12(13)16)11-6-10(11)8-17/h4-5,7,10-11H,6,8,17H2,1-3H3,(H,18,19). The van der Waals surface area contributed by atoms with Crippen molar-refractivity contribution in [1.29, 1.82) is 0 Å². The van der Waals surface area contributed by atoms with Gasteiger partial charge in [-0.15, -0.1) is 0 Å². The molecule has 2 unspecified atom stereocenters. The van der Waals surface area contributed by atoms with Crippen molar-refractivity contribution >= 4 is 23.4 Å². The van der Waals surface area contributed by atoms with Gasteiger partial charge >= 0.3 is 6.09 Å². The number of halogens is 1. The highest BCUT2D eigenvalue weighted by Gasteiger charge is 2.37. The lowest BCUT2D eigenvalue weighted by Gasteiger charge is -2.20. The first-order valence-corrected chi connectivity index (χ1v) is 7.17. The minimum Gasteiger partial charge on any atom is -0.444 e. The molecular weight excluding hydrogens is 276 g/mol. The summed E-state index contributed by atoms with van der Waals surface area (Å²) < 4.78 is 5.23. The lowest BCUT2D eigenvalue weighted by atomic mass is 10.1. The van der Waals surface area contributed by atoms with Crippen molar-refractivity contribution in [3.05, 3.63) is 28.8 Å². The average molecular weight is 297 g/mol. The number of rotatable bonds is 3. The average Bonchev–Trinajstić information content (AvgIpc) is 3.09. The summed E-state index contributed by atoms with van der Waals surface area (Å²) in [5, 5.41) is 3.20. The van der Waals surface area contributed by atoms with Crippen molar-refractivity contribution in [2.24, 2.45) is 11.7 Å². The third-order valence-corrected chi connectivity index (χ3v) is 3.61. The SMILES string of the molecule is CC(C)(C)OC(=O)Nc1cc(C2CC2CN)ccc1Cl. The highest BCUT2D eigenvalue weighted by Crippen LogP contribution is 2.47. The molecule has 1 aliphatic carbocycles. The normalized spacial score (nSPS) is 21.4. The predicted octanol–water partition coefficient (Wildman–Crippen LogP) is 3.75. The van der Waals surface area contributed by atoms with Crippen LogP contribution in [0.3, 0.4) is 0 Å². The van der Waals surface area contributed by atoms with Crippen LogP contribution in [0.1, 0.15) is 38.7 Å².